The van der Waals surface area contributed by atoms with Gasteiger partial charge in [-0.15, -0.1) is 0 Å². The van der Waals surface area contributed by atoms with Crippen molar-refractivity contribution in [3.8, 4) is 0 Å². The number of amides is 1. The first-order valence-corrected chi connectivity index (χ1v) is 7.71. The highest BCUT2D eigenvalue weighted by molar-refractivity contribution is 6.03. The molecule has 0 aliphatic carbocycles. The number of pyridine rings is 1. The van der Waals surface area contributed by atoms with E-state index < -0.39 is 5.97 Å². The number of carbonyl (C=O) groups excluding carboxylic acids is 2. The van der Waals surface area contributed by atoms with Gasteiger partial charge in [-0.2, -0.15) is 0 Å². The highest BCUT2D eigenvalue weighted by Crippen LogP contribution is 2.16. The zero-order chi connectivity index (χ0) is 18.5. The van der Waals surface area contributed by atoms with Crippen LogP contribution < -0.4 is 10.6 Å². The number of methoxy groups -OCH3 is 1. The Kier molecular flexibility index (Phi) is 4.93. The van der Waals surface area contributed by atoms with E-state index in [9.17, 15) is 9.59 Å². The second kappa shape index (κ2) is 7.47. The van der Waals surface area contributed by atoms with E-state index >= 15 is 0 Å². The second-order valence-electron chi connectivity index (χ2n) is 5.40. The number of ether oxygens (including phenoxy) is 1. The highest BCUT2D eigenvalue weighted by atomic mass is 16.5. The molecule has 3 rings (SSSR count). The van der Waals surface area contributed by atoms with Crippen molar-refractivity contribution < 1.29 is 18.8 Å². The number of hydrogen-bond acceptors (Lipinski definition) is 7. The van der Waals surface area contributed by atoms with Gasteiger partial charge in [0.2, 0.25) is 0 Å². The van der Waals surface area contributed by atoms with Gasteiger partial charge >= 0.3 is 5.97 Å². The lowest BCUT2D eigenvalue weighted by atomic mass is 10.2. The largest absolute Gasteiger partial charge is 0.465 e. The number of carbonyl (C=O) groups is 2. The maximum atomic E-state index is 12.2. The van der Waals surface area contributed by atoms with Crippen LogP contribution in [-0.4, -0.2) is 29.1 Å². The van der Waals surface area contributed by atoms with E-state index in [2.05, 4.69) is 25.5 Å². The van der Waals surface area contributed by atoms with Gasteiger partial charge in [0.25, 0.3) is 5.91 Å². The lowest BCUT2D eigenvalue weighted by Crippen LogP contribution is -2.13. The van der Waals surface area contributed by atoms with Crippen LogP contribution in [0.2, 0.25) is 0 Å². The summed E-state index contributed by atoms with van der Waals surface area (Å²) in [5.41, 5.74) is 1.88. The second-order valence-corrected chi connectivity index (χ2v) is 5.40. The van der Waals surface area contributed by atoms with Crippen molar-refractivity contribution in [2.75, 3.05) is 17.7 Å². The zero-order valence-electron chi connectivity index (χ0n) is 14.1. The molecule has 1 aromatic carbocycles. The molecule has 8 nitrogen and oxygen atoms in total. The molecular formula is C18H16N4O4. The summed E-state index contributed by atoms with van der Waals surface area (Å²) < 4.78 is 9.60. The van der Waals surface area contributed by atoms with Gasteiger partial charge in [-0.05, 0) is 43.3 Å². The Morgan fingerprint density at radius 2 is 1.81 bits per heavy atom. The van der Waals surface area contributed by atoms with E-state index in [0.29, 0.717) is 28.5 Å². The fraction of sp³-hybridized carbons (Fsp3) is 0.111. The Morgan fingerprint density at radius 1 is 1.08 bits per heavy atom. The van der Waals surface area contributed by atoms with Gasteiger partial charge in [-0.3, -0.25) is 4.79 Å². The third-order valence-corrected chi connectivity index (χ3v) is 3.46. The molecule has 0 aliphatic rings. The molecule has 26 heavy (non-hydrogen) atoms. The number of rotatable bonds is 5. The van der Waals surface area contributed by atoms with E-state index in [1.807, 2.05) is 0 Å². The highest BCUT2D eigenvalue weighted by Gasteiger charge is 2.10. The normalized spacial score (nSPS) is 10.2. The van der Waals surface area contributed by atoms with Crippen LogP contribution >= 0.6 is 0 Å². The molecule has 132 valence electrons. The Morgan fingerprint density at radius 3 is 2.38 bits per heavy atom. The van der Waals surface area contributed by atoms with Crippen LogP contribution in [0.1, 0.15) is 26.6 Å². The maximum Gasteiger partial charge on any atom is 0.337 e. The summed E-state index contributed by atoms with van der Waals surface area (Å²) in [6.07, 6.45) is 1.53. The SMILES string of the molecule is COC(=O)c1ccc(NC(=O)c2ccc(Nc3cc(C)on3)cn2)cc1. The number of hydrogen-bond donors (Lipinski definition) is 2. The van der Waals surface area contributed by atoms with Crippen molar-refractivity contribution in [3.63, 3.8) is 0 Å². The van der Waals surface area contributed by atoms with Gasteiger partial charge in [-0.25, -0.2) is 9.78 Å². The number of anilines is 3. The molecule has 8 heteroatoms. The summed E-state index contributed by atoms with van der Waals surface area (Å²) in [7, 11) is 1.31. The minimum Gasteiger partial charge on any atom is -0.465 e. The average molecular weight is 352 g/mol. The number of nitrogens with zero attached hydrogens (tertiary/aromatic N) is 2. The molecule has 0 atom stereocenters. The summed E-state index contributed by atoms with van der Waals surface area (Å²) in [6, 6.07) is 11.4. The van der Waals surface area contributed by atoms with Crippen LogP contribution in [0.15, 0.2) is 53.2 Å². The summed E-state index contributed by atoms with van der Waals surface area (Å²) >= 11 is 0. The molecular weight excluding hydrogens is 336 g/mol. The van der Waals surface area contributed by atoms with Gasteiger partial charge in [0.05, 0.1) is 24.6 Å². The molecule has 0 radical (unpaired) electrons. The predicted octanol–water partition coefficient (Wildman–Crippen LogP) is 3.16. The third kappa shape index (κ3) is 4.04. The smallest absolute Gasteiger partial charge is 0.337 e. The van der Waals surface area contributed by atoms with Crippen molar-refractivity contribution in [1.29, 1.82) is 0 Å². The number of esters is 1. The molecule has 0 fully saturated rings. The average Bonchev–Trinajstić information content (AvgIpc) is 3.07. The monoisotopic (exact) mass is 352 g/mol. The quantitative estimate of drug-likeness (QED) is 0.679. The summed E-state index contributed by atoms with van der Waals surface area (Å²) in [5.74, 6) is 0.455. The number of aromatic nitrogens is 2. The van der Waals surface area contributed by atoms with Crippen molar-refractivity contribution in [2.24, 2.45) is 0 Å². The molecule has 1 amide bonds. The predicted molar refractivity (Wildman–Crippen MR) is 94.5 cm³/mol. The van der Waals surface area contributed by atoms with Gasteiger partial charge in [0, 0.05) is 11.8 Å². The van der Waals surface area contributed by atoms with E-state index in [-0.39, 0.29) is 11.6 Å². The van der Waals surface area contributed by atoms with Crippen LogP contribution in [0.25, 0.3) is 0 Å². The summed E-state index contributed by atoms with van der Waals surface area (Å²) in [4.78, 5) is 27.8. The van der Waals surface area contributed by atoms with Crippen LogP contribution in [0.5, 0.6) is 0 Å². The first-order chi connectivity index (χ1) is 12.5. The maximum absolute atomic E-state index is 12.2. The fourth-order valence-electron chi connectivity index (χ4n) is 2.18. The molecule has 0 saturated heterocycles. The number of nitrogens with one attached hydrogen (secondary N) is 2. The van der Waals surface area contributed by atoms with E-state index in [1.54, 1.807) is 49.4 Å². The van der Waals surface area contributed by atoms with Gasteiger partial charge < -0.3 is 19.9 Å². The van der Waals surface area contributed by atoms with Crippen LogP contribution in [0.3, 0.4) is 0 Å². The third-order valence-electron chi connectivity index (χ3n) is 3.46. The fourth-order valence-corrected chi connectivity index (χ4v) is 2.18. The van der Waals surface area contributed by atoms with Gasteiger partial charge in [0.15, 0.2) is 5.82 Å². The van der Waals surface area contributed by atoms with Crippen LogP contribution in [0, 0.1) is 6.92 Å². The summed E-state index contributed by atoms with van der Waals surface area (Å²) in [6.45, 7) is 1.79. The van der Waals surface area contributed by atoms with E-state index in [1.165, 1.54) is 13.3 Å². The molecule has 0 aliphatic heterocycles. The molecule has 0 unspecified atom stereocenters. The summed E-state index contributed by atoms with van der Waals surface area (Å²) in [5, 5.41) is 9.56. The zero-order valence-corrected chi connectivity index (χ0v) is 14.1. The molecule has 0 spiro atoms. The Labute approximate surface area is 149 Å². The molecule has 2 heterocycles. The van der Waals surface area contributed by atoms with Crippen molar-refractivity contribution >= 4 is 29.1 Å². The number of benzene rings is 1. The molecule has 2 N–H and O–H groups in total. The topological polar surface area (TPSA) is 106 Å². The van der Waals surface area contributed by atoms with Crippen LogP contribution in [0.4, 0.5) is 17.2 Å². The molecule has 3 aromatic rings. The molecule has 0 saturated carbocycles. The standard InChI is InChI=1S/C18H16N4O4/c1-11-9-16(22-26-11)20-14-7-8-15(19-10-14)17(23)21-13-5-3-12(4-6-13)18(24)25-2/h3-10H,1-2H3,(H,20,22)(H,21,23). The first kappa shape index (κ1) is 17.2. The van der Waals surface area contributed by atoms with Crippen molar-refractivity contribution in [2.45, 2.75) is 6.92 Å². The lowest BCUT2D eigenvalue weighted by Gasteiger charge is -2.07. The molecule has 0 bridgehead atoms. The number of aryl methyl sites for hydroxylation is 1. The van der Waals surface area contributed by atoms with Crippen molar-refractivity contribution in [3.05, 3.63) is 65.7 Å². The first-order valence-electron chi connectivity index (χ1n) is 7.71. The Hall–Kier alpha value is -3.68. The van der Waals surface area contributed by atoms with Crippen LogP contribution in [-0.2, 0) is 4.74 Å². The lowest BCUT2D eigenvalue weighted by molar-refractivity contribution is 0.0600. The Bertz CT molecular complexity index is 917. The van der Waals surface area contributed by atoms with E-state index in [4.69, 9.17) is 4.52 Å². The van der Waals surface area contributed by atoms with Crippen molar-refractivity contribution in [1.82, 2.24) is 10.1 Å². The minimum absolute atomic E-state index is 0.254. The van der Waals surface area contributed by atoms with Gasteiger partial charge in [0.1, 0.15) is 11.5 Å². The molecule has 2 aromatic heterocycles. The minimum atomic E-state index is -0.435. The van der Waals surface area contributed by atoms with Gasteiger partial charge in [-0.1, -0.05) is 5.16 Å². The Balaban J connectivity index is 1.63. The van der Waals surface area contributed by atoms with E-state index in [0.717, 1.165) is 0 Å².